The predicted octanol–water partition coefficient (Wildman–Crippen LogP) is 11.3. The lowest BCUT2D eigenvalue weighted by Crippen LogP contribution is -1.88. The molecular formula is C39H21NO3. The van der Waals surface area contributed by atoms with Crippen LogP contribution in [0.15, 0.2) is 141 Å². The van der Waals surface area contributed by atoms with Gasteiger partial charge in [0.05, 0.1) is 16.5 Å². The Balaban J connectivity index is 1.27. The lowest BCUT2D eigenvalue weighted by molar-refractivity contribution is 0.656. The van der Waals surface area contributed by atoms with Crippen LogP contribution in [0.4, 0.5) is 0 Å². The number of pyridine rings is 1. The highest BCUT2D eigenvalue weighted by Crippen LogP contribution is 2.45. The van der Waals surface area contributed by atoms with E-state index in [4.69, 9.17) is 18.2 Å². The van der Waals surface area contributed by atoms with Gasteiger partial charge in [-0.1, -0.05) is 97.1 Å². The standard InChI is InChI=1S/C39H21NO3/c1-5-13-30-26(11-1)34(36-27-12-4-8-16-33(27)43-39(36)40-30)22-17-19-23(20-18-22)35-37-28(24-9-2-6-14-31(24)41-37)21-29-25-10-3-7-15-32(25)42-38(29)35/h1-21H. The second-order valence-corrected chi connectivity index (χ2v) is 11.1. The van der Waals surface area contributed by atoms with Gasteiger partial charge in [0.15, 0.2) is 0 Å². The Morgan fingerprint density at radius 1 is 0.395 bits per heavy atom. The molecule has 4 nitrogen and oxygen atoms in total. The first-order valence-electron chi connectivity index (χ1n) is 14.4. The van der Waals surface area contributed by atoms with Gasteiger partial charge in [0.25, 0.3) is 0 Å². The summed E-state index contributed by atoms with van der Waals surface area (Å²) in [7, 11) is 0. The lowest BCUT2D eigenvalue weighted by Gasteiger charge is -2.10. The monoisotopic (exact) mass is 551 g/mol. The third-order valence-electron chi connectivity index (χ3n) is 8.70. The summed E-state index contributed by atoms with van der Waals surface area (Å²) in [6, 6.07) is 43.8. The van der Waals surface area contributed by atoms with Crippen LogP contribution in [0.3, 0.4) is 0 Å². The Bertz CT molecular complexity index is 2630. The molecule has 0 saturated heterocycles. The molecule has 0 bridgehead atoms. The van der Waals surface area contributed by atoms with E-state index >= 15 is 0 Å². The SMILES string of the molecule is c1ccc2c(-c3ccc(-c4c5oc6ccccc6c5cc5c4oc4ccccc45)cc3)c3c(nc2c1)oc1ccccc13. The van der Waals surface area contributed by atoms with Crippen LogP contribution in [-0.4, -0.2) is 4.98 Å². The van der Waals surface area contributed by atoms with Gasteiger partial charge in [0.1, 0.15) is 27.9 Å². The summed E-state index contributed by atoms with van der Waals surface area (Å²) >= 11 is 0. The van der Waals surface area contributed by atoms with Crippen molar-refractivity contribution < 1.29 is 13.3 Å². The molecule has 10 rings (SSSR count). The largest absolute Gasteiger partial charge is 0.455 e. The van der Waals surface area contributed by atoms with Gasteiger partial charge < -0.3 is 13.3 Å². The third kappa shape index (κ3) is 3.12. The lowest BCUT2D eigenvalue weighted by atomic mass is 9.93. The normalized spacial score (nSPS) is 12.2. The third-order valence-corrected chi connectivity index (χ3v) is 8.70. The quantitative estimate of drug-likeness (QED) is 0.214. The second-order valence-electron chi connectivity index (χ2n) is 11.1. The first kappa shape index (κ1) is 22.8. The molecule has 0 unspecified atom stereocenters. The van der Waals surface area contributed by atoms with Crippen LogP contribution in [0.2, 0.25) is 0 Å². The predicted molar refractivity (Wildman–Crippen MR) is 174 cm³/mol. The highest BCUT2D eigenvalue weighted by Gasteiger charge is 2.22. The van der Waals surface area contributed by atoms with E-state index in [9.17, 15) is 0 Å². The average Bonchev–Trinajstić information content (AvgIpc) is 3.74. The maximum absolute atomic E-state index is 6.53. The van der Waals surface area contributed by atoms with Crippen molar-refractivity contribution in [2.24, 2.45) is 0 Å². The highest BCUT2D eigenvalue weighted by atomic mass is 16.3. The topological polar surface area (TPSA) is 52.3 Å². The van der Waals surface area contributed by atoms with Crippen LogP contribution >= 0.6 is 0 Å². The number of fused-ring (bicyclic) bond motifs is 10. The molecule has 0 saturated carbocycles. The van der Waals surface area contributed by atoms with Crippen molar-refractivity contribution in [1.82, 2.24) is 4.98 Å². The number of rotatable bonds is 2. The molecule has 0 radical (unpaired) electrons. The van der Waals surface area contributed by atoms with Crippen molar-refractivity contribution in [3.05, 3.63) is 127 Å². The second kappa shape index (κ2) is 8.34. The average molecular weight is 552 g/mol. The molecule has 0 N–H and O–H groups in total. The Morgan fingerprint density at radius 2 is 0.884 bits per heavy atom. The minimum Gasteiger partial charge on any atom is -0.455 e. The fourth-order valence-corrected chi connectivity index (χ4v) is 6.78. The number of hydrogen-bond acceptors (Lipinski definition) is 4. The number of furan rings is 3. The summed E-state index contributed by atoms with van der Waals surface area (Å²) in [5.74, 6) is 0. The zero-order chi connectivity index (χ0) is 28.1. The number of aromatic nitrogens is 1. The molecule has 4 heteroatoms. The van der Waals surface area contributed by atoms with Crippen molar-refractivity contribution in [2.45, 2.75) is 0 Å². The summed E-state index contributed by atoms with van der Waals surface area (Å²) < 4.78 is 19.3. The Kier molecular flexibility index (Phi) is 4.42. The van der Waals surface area contributed by atoms with Gasteiger partial charge in [-0.15, -0.1) is 0 Å². The fraction of sp³-hybridized carbons (Fsp3) is 0. The molecule has 0 spiro atoms. The summed E-state index contributed by atoms with van der Waals surface area (Å²) in [6.07, 6.45) is 0. The van der Waals surface area contributed by atoms with Gasteiger partial charge in [0, 0.05) is 37.9 Å². The molecule has 0 atom stereocenters. The molecular weight excluding hydrogens is 530 g/mol. The number of para-hydroxylation sites is 4. The number of nitrogens with zero attached hydrogens (tertiary/aromatic N) is 1. The molecule has 0 fully saturated rings. The van der Waals surface area contributed by atoms with E-state index in [2.05, 4.69) is 72.8 Å². The maximum atomic E-state index is 6.53. The van der Waals surface area contributed by atoms with Crippen LogP contribution in [0.25, 0.3) is 99.1 Å². The van der Waals surface area contributed by atoms with Gasteiger partial charge in [-0.3, -0.25) is 0 Å². The van der Waals surface area contributed by atoms with Gasteiger partial charge in [-0.25, -0.2) is 4.98 Å². The van der Waals surface area contributed by atoms with Crippen LogP contribution in [0, 0.1) is 0 Å². The van der Waals surface area contributed by atoms with Crippen LogP contribution in [0.5, 0.6) is 0 Å². The van der Waals surface area contributed by atoms with Gasteiger partial charge in [-0.05, 0) is 41.5 Å². The van der Waals surface area contributed by atoms with E-state index in [0.717, 1.165) is 93.4 Å². The van der Waals surface area contributed by atoms with Crippen molar-refractivity contribution >= 4 is 76.8 Å². The molecule has 200 valence electrons. The smallest absolute Gasteiger partial charge is 0.228 e. The van der Waals surface area contributed by atoms with Crippen LogP contribution in [0.1, 0.15) is 0 Å². The molecule has 0 aliphatic heterocycles. The van der Waals surface area contributed by atoms with Crippen molar-refractivity contribution in [3.8, 4) is 22.3 Å². The molecule has 4 heterocycles. The van der Waals surface area contributed by atoms with Gasteiger partial charge >= 0.3 is 0 Å². The van der Waals surface area contributed by atoms with E-state index in [1.807, 2.05) is 54.6 Å². The maximum Gasteiger partial charge on any atom is 0.228 e. The molecule has 4 aromatic heterocycles. The Morgan fingerprint density at radius 3 is 1.51 bits per heavy atom. The van der Waals surface area contributed by atoms with Crippen LogP contribution < -0.4 is 0 Å². The van der Waals surface area contributed by atoms with E-state index in [-0.39, 0.29) is 0 Å². The minimum absolute atomic E-state index is 0.648. The molecule has 0 amide bonds. The van der Waals surface area contributed by atoms with Gasteiger partial charge in [-0.2, -0.15) is 0 Å². The van der Waals surface area contributed by atoms with Crippen molar-refractivity contribution in [1.29, 1.82) is 0 Å². The number of hydrogen-bond donors (Lipinski definition) is 0. The Hall–Kier alpha value is -5.87. The molecule has 10 aromatic rings. The van der Waals surface area contributed by atoms with E-state index in [1.54, 1.807) is 0 Å². The summed E-state index contributed by atoms with van der Waals surface area (Å²) in [5, 5.41) is 7.54. The fourth-order valence-electron chi connectivity index (χ4n) is 6.78. The van der Waals surface area contributed by atoms with Crippen molar-refractivity contribution in [3.63, 3.8) is 0 Å². The summed E-state index contributed by atoms with van der Waals surface area (Å²) in [4.78, 5) is 4.88. The summed E-state index contributed by atoms with van der Waals surface area (Å²) in [5.41, 5.74) is 9.99. The first-order valence-corrected chi connectivity index (χ1v) is 14.4. The number of benzene rings is 6. The zero-order valence-electron chi connectivity index (χ0n) is 22.8. The zero-order valence-corrected chi connectivity index (χ0v) is 22.8. The Labute approximate surface area is 244 Å². The van der Waals surface area contributed by atoms with E-state index < -0.39 is 0 Å². The van der Waals surface area contributed by atoms with Gasteiger partial charge in [0.2, 0.25) is 5.71 Å². The first-order chi connectivity index (χ1) is 21.3. The van der Waals surface area contributed by atoms with Crippen LogP contribution in [-0.2, 0) is 0 Å². The van der Waals surface area contributed by atoms with E-state index in [1.165, 1.54) is 0 Å². The summed E-state index contributed by atoms with van der Waals surface area (Å²) in [6.45, 7) is 0. The molecule has 0 aliphatic carbocycles. The van der Waals surface area contributed by atoms with E-state index in [0.29, 0.717) is 5.71 Å². The minimum atomic E-state index is 0.648. The molecule has 43 heavy (non-hydrogen) atoms. The van der Waals surface area contributed by atoms with Crippen molar-refractivity contribution in [2.75, 3.05) is 0 Å². The molecule has 0 aliphatic rings. The molecule has 6 aromatic carbocycles. The highest BCUT2D eigenvalue weighted by molar-refractivity contribution is 6.22.